The molecule has 0 radical (unpaired) electrons. The molecule has 0 aliphatic heterocycles. The molecule has 0 amide bonds. The summed E-state index contributed by atoms with van der Waals surface area (Å²) < 4.78 is 62.5. The predicted molar refractivity (Wildman–Crippen MR) is 78.8 cm³/mol. The van der Waals surface area contributed by atoms with Crippen LogP contribution in [-0.4, -0.2) is 25.9 Å². The first-order valence-corrected chi connectivity index (χ1v) is 9.01. The van der Waals surface area contributed by atoms with Crippen LogP contribution in [0, 0.1) is 0 Å². The molecule has 0 atom stereocenters. The van der Waals surface area contributed by atoms with Crippen LogP contribution >= 0.6 is 23.2 Å². The first kappa shape index (κ1) is 22.5. The summed E-state index contributed by atoms with van der Waals surface area (Å²) in [6.07, 6.45) is 0. The molecule has 0 bridgehead atoms. The van der Waals surface area contributed by atoms with E-state index in [2.05, 4.69) is 0 Å². The van der Waals surface area contributed by atoms with E-state index in [1.807, 2.05) is 0 Å². The van der Waals surface area contributed by atoms with Gasteiger partial charge >= 0.3 is 19.5 Å². The molecule has 2 rings (SSSR count). The summed E-state index contributed by atoms with van der Waals surface area (Å²) >= 11 is 10.9. The number of benzene rings is 2. The molecule has 0 unspecified atom stereocenters. The van der Waals surface area contributed by atoms with E-state index in [-0.39, 0.29) is 39.3 Å². The summed E-state index contributed by atoms with van der Waals surface area (Å²) in [6.45, 7) is 0. The summed E-state index contributed by atoms with van der Waals surface area (Å²) in [5.41, 5.74) is 0. The van der Waals surface area contributed by atoms with Gasteiger partial charge in [-0.05, 0) is 24.3 Å². The number of rotatable bonds is 2. The summed E-state index contributed by atoms with van der Waals surface area (Å²) in [4.78, 5) is -0.747. The van der Waals surface area contributed by atoms with Gasteiger partial charge in [-0.15, -0.1) is 0 Å². The van der Waals surface area contributed by atoms with E-state index < -0.39 is 20.2 Å². The third-order valence-electron chi connectivity index (χ3n) is 2.21. The maximum atomic E-state index is 10.4. The van der Waals surface area contributed by atoms with Gasteiger partial charge in [0.05, 0.1) is 19.8 Å². The van der Waals surface area contributed by atoms with Gasteiger partial charge in [0.2, 0.25) is 0 Å². The molecule has 0 N–H and O–H groups in total. The van der Waals surface area contributed by atoms with Crippen LogP contribution in [0.3, 0.4) is 0 Å². The molecule has 120 valence electrons. The van der Waals surface area contributed by atoms with E-state index >= 15 is 0 Å². The van der Waals surface area contributed by atoms with Crippen molar-refractivity contribution in [3.05, 3.63) is 58.6 Å². The van der Waals surface area contributed by atoms with Crippen molar-refractivity contribution in [2.75, 3.05) is 0 Å². The minimum Gasteiger partial charge on any atom is -0.744 e. The maximum Gasteiger partial charge on any atom is 2.00 e. The van der Waals surface area contributed by atoms with Crippen molar-refractivity contribution >= 4 is 43.4 Å². The molecule has 2 aromatic carbocycles. The fourth-order valence-electron chi connectivity index (χ4n) is 1.29. The molecule has 0 aliphatic carbocycles. The zero-order valence-electron chi connectivity index (χ0n) is 11.3. The minimum atomic E-state index is -4.42. The molecular formula is C12H8Cl2O6S2Zn. The molecule has 6 nitrogen and oxygen atoms in total. The third-order valence-corrected chi connectivity index (χ3v) is 4.88. The molecule has 0 saturated heterocycles. The number of halogens is 2. The first-order chi connectivity index (χ1) is 10.0. The van der Waals surface area contributed by atoms with Crippen molar-refractivity contribution in [2.24, 2.45) is 0 Å². The van der Waals surface area contributed by atoms with E-state index in [0.717, 1.165) is 0 Å². The molecule has 2 aromatic rings. The Morgan fingerprint density at radius 2 is 0.913 bits per heavy atom. The maximum absolute atomic E-state index is 10.4. The zero-order chi connectivity index (χ0) is 17.0. The molecule has 11 heteroatoms. The fourth-order valence-corrected chi connectivity index (χ4v) is 3.24. The van der Waals surface area contributed by atoms with Gasteiger partial charge in [-0.2, -0.15) is 0 Å². The van der Waals surface area contributed by atoms with Gasteiger partial charge in [-0.1, -0.05) is 47.5 Å². The number of hydrogen-bond donors (Lipinski definition) is 0. The van der Waals surface area contributed by atoms with Gasteiger partial charge in [-0.3, -0.25) is 0 Å². The second-order valence-electron chi connectivity index (χ2n) is 3.77. The topological polar surface area (TPSA) is 114 Å². The smallest absolute Gasteiger partial charge is 0.744 e. The monoisotopic (exact) mass is 446 g/mol. The zero-order valence-corrected chi connectivity index (χ0v) is 17.5. The van der Waals surface area contributed by atoms with Crippen LogP contribution < -0.4 is 0 Å². The minimum absolute atomic E-state index is 0. The normalized spacial score (nSPS) is 11.0. The van der Waals surface area contributed by atoms with Crippen molar-refractivity contribution in [2.45, 2.75) is 9.79 Å². The van der Waals surface area contributed by atoms with Crippen LogP contribution in [0.4, 0.5) is 0 Å². The van der Waals surface area contributed by atoms with E-state index in [1.165, 1.54) is 36.4 Å². The molecule has 0 heterocycles. The van der Waals surface area contributed by atoms with Gasteiger partial charge in [0.15, 0.2) is 0 Å². The Labute approximate surface area is 156 Å². The fraction of sp³-hybridized carbons (Fsp3) is 0. The van der Waals surface area contributed by atoms with Gasteiger partial charge in [0, 0.05) is 0 Å². The van der Waals surface area contributed by atoms with Gasteiger partial charge in [0.1, 0.15) is 20.2 Å². The summed E-state index contributed by atoms with van der Waals surface area (Å²) in [7, 11) is -8.83. The third kappa shape index (κ3) is 7.26. The molecule has 0 aliphatic rings. The largest absolute Gasteiger partial charge is 2.00 e. The number of hydrogen-bond acceptors (Lipinski definition) is 6. The molecule has 0 saturated carbocycles. The molecule has 0 aromatic heterocycles. The van der Waals surface area contributed by atoms with Crippen molar-refractivity contribution in [3.63, 3.8) is 0 Å². The van der Waals surface area contributed by atoms with E-state index in [0.29, 0.717) is 0 Å². The second kappa shape index (κ2) is 9.08. The molecular weight excluding hydrogens is 441 g/mol. The van der Waals surface area contributed by atoms with Crippen LogP contribution in [0.5, 0.6) is 0 Å². The quantitative estimate of drug-likeness (QED) is 0.515. The van der Waals surface area contributed by atoms with Crippen LogP contribution in [0.2, 0.25) is 10.0 Å². The van der Waals surface area contributed by atoms with Crippen molar-refractivity contribution in [1.29, 1.82) is 0 Å². The average molecular weight is 449 g/mol. The van der Waals surface area contributed by atoms with Crippen LogP contribution in [-0.2, 0) is 39.7 Å². The predicted octanol–water partition coefficient (Wildman–Crippen LogP) is 2.49. The Kier molecular flexibility index (Phi) is 8.87. The Bertz CT molecular complexity index is 795. The summed E-state index contributed by atoms with van der Waals surface area (Å²) in [5, 5.41) is -0.0787. The Morgan fingerprint density at radius 1 is 0.652 bits per heavy atom. The van der Waals surface area contributed by atoms with E-state index in [4.69, 9.17) is 23.2 Å². The van der Waals surface area contributed by atoms with Crippen LogP contribution in [0.15, 0.2) is 58.3 Å². The Hall–Kier alpha value is -0.537. The molecule has 0 fully saturated rings. The Balaban J connectivity index is 0.000000403. The second-order valence-corrected chi connectivity index (χ2v) is 7.28. The van der Waals surface area contributed by atoms with Crippen molar-refractivity contribution in [1.82, 2.24) is 0 Å². The molecule has 23 heavy (non-hydrogen) atoms. The first-order valence-electron chi connectivity index (χ1n) is 5.44. The van der Waals surface area contributed by atoms with Crippen molar-refractivity contribution in [3.8, 4) is 0 Å². The van der Waals surface area contributed by atoms with Gasteiger partial charge in [0.25, 0.3) is 0 Å². The summed E-state index contributed by atoms with van der Waals surface area (Å²) in [6, 6.07) is 11.0. The van der Waals surface area contributed by atoms with Crippen molar-refractivity contribution < 1.29 is 45.4 Å². The average Bonchev–Trinajstić information content (AvgIpc) is 2.37. The Morgan fingerprint density at radius 3 is 1.09 bits per heavy atom. The van der Waals surface area contributed by atoms with Crippen LogP contribution in [0.1, 0.15) is 0 Å². The summed E-state index contributed by atoms with van der Waals surface area (Å²) in [5.74, 6) is 0. The van der Waals surface area contributed by atoms with Gasteiger partial charge < -0.3 is 9.11 Å². The molecule has 0 spiro atoms. The SMILES string of the molecule is O=S(=O)([O-])c1ccccc1Cl.O=S(=O)([O-])c1ccccc1Cl.[Zn+2]. The van der Waals surface area contributed by atoms with Gasteiger partial charge in [-0.25, -0.2) is 16.8 Å². The van der Waals surface area contributed by atoms with E-state index in [9.17, 15) is 25.9 Å². The van der Waals surface area contributed by atoms with Crippen LogP contribution in [0.25, 0.3) is 0 Å². The van der Waals surface area contributed by atoms with E-state index in [1.54, 1.807) is 12.1 Å². The standard InChI is InChI=1S/2C6H5ClO3S.Zn/c2*7-5-3-1-2-4-6(5)11(8,9)10;/h2*1-4H,(H,8,9,10);/q;;+2/p-2.